The summed E-state index contributed by atoms with van der Waals surface area (Å²) in [5.74, 6) is 0.611. The predicted octanol–water partition coefficient (Wildman–Crippen LogP) is 2.97. The monoisotopic (exact) mass is 218 g/mol. The van der Waals surface area contributed by atoms with Gasteiger partial charge in [-0.1, -0.05) is 19.4 Å². The average molecular weight is 218 g/mol. The van der Waals surface area contributed by atoms with E-state index in [1.807, 2.05) is 6.07 Å². The van der Waals surface area contributed by atoms with Crippen molar-refractivity contribution < 1.29 is 9.15 Å². The van der Waals surface area contributed by atoms with Crippen LogP contribution in [-0.2, 0) is 0 Å². The summed E-state index contributed by atoms with van der Waals surface area (Å²) in [6.07, 6.45) is 3.45. The number of hydrogen-bond acceptors (Lipinski definition) is 3. The van der Waals surface area contributed by atoms with Crippen molar-refractivity contribution in [1.82, 2.24) is 0 Å². The lowest BCUT2D eigenvalue weighted by atomic mass is 10.2. The second-order valence-electron chi connectivity index (χ2n) is 3.62. The zero-order chi connectivity index (χ0) is 11.4. The van der Waals surface area contributed by atoms with E-state index in [2.05, 4.69) is 6.92 Å². The molecule has 0 N–H and O–H groups in total. The molecule has 0 aliphatic rings. The first-order valence-electron chi connectivity index (χ1n) is 5.46. The Morgan fingerprint density at radius 2 is 2.19 bits per heavy atom. The maximum atomic E-state index is 11.7. The summed E-state index contributed by atoms with van der Waals surface area (Å²) < 4.78 is 10.8. The maximum absolute atomic E-state index is 11.7. The quantitative estimate of drug-likeness (QED) is 0.740. The molecule has 16 heavy (non-hydrogen) atoms. The third-order valence-corrected chi connectivity index (χ3v) is 2.40. The van der Waals surface area contributed by atoms with E-state index in [-0.39, 0.29) is 5.43 Å². The molecule has 1 aromatic heterocycles. The Kier molecular flexibility index (Phi) is 3.25. The third kappa shape index (κ3) is 2.08. The number of fused-ring (bicyclic) bond motifs is 1. The highest BCUT2D eigenvalue weighted by Gasteiger charge is 2.06. The Bertz CT molecular complexity index is 523. The fraction of sp³-hybridized carbons (Fsp3) is 0.308. The van der Waals surface area contributed by atoms with Crippen LogP contribution >= 0.6 is 0 Å². The maximum Gasteiger partial charge on any atom is 0.196 e. The van der Waals surface area contributed by atoms with Gasteiger partial charge in [0.05, 0.1) is 12.9 Å². The standard InChI is InChI=1S/C13H14O3/c1-2-3-8-15-11-5-4-6-12-13(11)10(14)7-9-16-12/h4-7,9H,2-3,8H2,1H3. The van der Waals surface area contributed by atoms with Gasteiger partial charge in [0.1, 0.15) is 16.7 Å². The van der Waals surface area contributed by atoms with Crippen molar-refractivity contribution in [3.05, 3.63) is 40.8 Å². The topological polar surface area (TPSA) is 39.4 Å². The van der Waals surface area contributed by atoms with E-state index in [9.17, 15) is 4.79 Å². The molecular formula is C13H14O3. The Labute approximate surface area is 93.7 Å². The molecule has 0 bridgehead atoms. The minimum absolute atomic E-state index is 0.0617. The van der Waals surface area contributed by atoms with E-state index >= 15 is 0 Å². The van der Waals surface area contributed by atoms with E-state index < -0.39 is 0 Å². The van der Waals surface area contributed by atoms with Gasteiger partial charge in [0.15, 0.2) is 5.43 Å². The van der Waals surface area contributed by atoms with E-state index in [1.165, 1.54) is 12.3 Å². The molecule has 0 atom stereocenters. The molecule has 3 heteroatoms. The summed E-state index contributed by atoms with van der Waals surface area (Å²) in [6, 6.07) is 6.81. The number of benzene rings is 1. The van der Waals surface area contributed by atoms with Gasteiger partial charge >= 0.3 is 0 Å². The highest BCUT2D eigenvalue weighted by Crippen LogP contribution is 2.22. The summed E-state index contributed by atoms with van der Waals surface area (Å²) in [6.45, 7) is 2.73. The first kappa shape index (κ1) is 10.7. The van der Waals surface area contributed by atoms with Crippen molar-refractivity contribution in [3.8, 4) is 5.75 Å². The fourth-order valence-corrected chi connectivity index (χ4v) is 1.55. The van der Waals surface area contributed by atoms with Crippen molar-refractivity contribution in [2.45, 2.75) is 19.8 Å². The van der Waals surface area contributed by atoms with E-state index in [1.54, 1.807) is 12.1 Å². The summed E-state index contributed by atoms with van der Waals surface area (Å²) in [5.41, 5.74) is 0.509. The lowest BCUT2D eigenvalue weighted by molar-refractivity contribution is 0.312. The second kappa shape index (κ2) is 4.84. The first-order valence-corrected chi connectivity index (χ1v) is 5.46. The molecule has 2 aromatic rings. The summed E-state index contributed by atoms with van der Waals surface area (Å²) in [4.78, 5) is 11.7. The Morgan fingerprint density at radius 1 is 1.31 bits per heavy atom. The van der Waals surface area contributed by atoms with Crippen LogP contribution in [0.1, 0.15) is 19.8 Å². The van der Waals surface area contributed by atoms with E-state index in [0.29, 0.717) is 23.3 Å². The van der Waals surface area contributed by atoms with Gasteiger partial charge in [0.2, 0.25) is 0 Å². The van der Waals surface area contributed by atoms with Crippen molar-refractivity contribution in [3.63, 3.8) is 0 Å². The van der Waals surface area contributed by atoms with Crippen LogP contribution in [-0.4, -0.2) is 6.61 Å². The van der Waals surface area contributed by atoms with Crippen molar-refractivity contribution in [1.29, 1.82) is 0 Å². The smallest absolute Gasteiger partial charge is 0.196 e. The minimum atomic E-state index is -0.0617. The van der Waals surface area contributed by atoms with Crippen LogP contribution in [0.25, 0.3) is 11.0 Å². The number of rotatable bonds is 4. The fourth-order valence-electron chi connectivity index (χ4n) is 1.55. The Hall–Kier alpha value is -1.77. The summed E-state index contributed by atoms with van der Waals surface area (Å²) in [7, 11) is 0. The second-order valence-corrected chi connectivity index (χ2v) is 3.62. The van der Waals surface area contributed by atoms with Crippen LogP contribution in [0.2, 0.25) is 0 Å². The van der Waals surface area contributed by atoms with Crippen molar-refractivity contribution in [2.24, 2.45) is 0 Å². The summed E-state index contributed by atoms with van der Waals surface area (Å²) in [5, 5.41) is 0.529. The zero-order valence-corrected chi connectivity index (χ0v) is 9.23. The van der Waals surface area contributed by atoms with Gasteiger partial charge in [-0.3, -0.25) is 4.79 Å². The van der Waals surface area contributed by atoms with Gasteiger partial charge in [-0.25, -0.2) is 0 Å². The molecule has 0 unspecified atom stereocenters. The molecule has 0 saturated heterocycles. The van der Waals surface area contributed by atoms with Gasteiger partial charge < -0.3 is 9.15 Å². The molecule has 0 aliphatic heterocycles. The van der Waals surface area contributed by atoms with Gasteiger partial charge in [-0.2, -0.15) is 0 Å². The molecule has 1 heterocycles. The highest BCUT2D eigenvalue weighted by molar-refractivity contribution is 5.82. The van der Waals surface area contributed by atoms with Gasteiger partial charge in [-0.05, 0) is 18.6 Å². The third-order valence-electron chi connectivity index (χ3n) is 2.40. The molecule has 0 saturated carbocycles. The van der Waals surface area contributed by atoms with Crippen molar-refractivity contribution in [2.75, 3.05) is 6.61 Å². The number of unbranched alkanes of at least 4 members (excludes halogenated alkanes) is 1. The van der Waals surface area contributed by atoms with Crippen molar-refractivity contribution >= 4 is 11.0 Å². The van der Waals surface area contributed by atoms with Crippen LogP contribution in [0.15, 0.2) is 39.7 Å². The molecule has 1 aromatic carbocycles. The molecule has 0 fully saturated rings. The SMILES string of the molecule is CCCCOc1cccc2occc(=O)c12. The summed E-state index contributed by atoms with van der Waals surface area (Å²) >= 11 is 0. The largest absolute Gasteiger partial charge is 0.493 e. The average Bonchev–Trinajstić information content (AvgIpc) is 2.30. The van der Waals surface area contributed by atoms with Gasteiger partial charge in [0, 0.05) is 6.07 Å². The van der Waals surface area contributed by atoms with Crippen LogP contribution in [0.4, 0.5) is 0 Å². The lowest BCUT2D eigenvalue weighted by Gasteiger charge is -2.07. The molecule has 0 radical (unpaired) electrons. The lowest BCUT2D eigenvalue weighted by Crippen LogP contribution is -2.03. The van der Waals surface area contributed by atoms with Crippen LogP contribution in [0, 0.1) is 0 Å². The molecule has 84 valence electrons. The van der Waals surface area contributed by atoms with Gasteiger partial charge in [0.25, 0.3) is 0 Å². The highest BCUT2D eigenvalue weighted by atomic mass is 16.5. The Balaban J connectivity index is 2.41. The zero-order valence-electron chi connectivity index (χ0n) is 9.23. The molecular weight excluding hydrogens is 204 g/mol. The number of ether oxygens (including phenoxy) is 1. The normalized spacial score (nSPS) is 10.6. The molecule has 2 rings (SSSR count). The van der Waals surface area contributed by atoms with Crippen LogP contribution in [0.3, 0.4) is 0 Å². The van der Waals surface area contributed by atoms with E-state index in [0.717, 1.165) is 12.8 Å². The van der Waals surface area contributed by atoms with Crippen LogP contribution in [0.5, 0.6) is 5.75 Å². The first-order chi connectivity index (χ1) is 7.83. The predicted molar refractivity (Wildman–Crippen MR) is 62.9 cm³/mol. The molecule has 0 amide bonds. The molecule has 0 aliphatic carbocycles. The molecule has 0 spiro atoms. The van der Waals surface area contributed by atoms with Crippen LogP contribution < -0.4 is 10.2 Å². The minimum Gasteiger partial charge on any atom is -0.493 e. The van der Waals surface area contributed by atoms with Gasteiger partial charge in [-0.15, -0.1) is 0 Å². The van der Waals surface area contributed by atoms with E-state index in [4.69, 9.17) is 9.15 Å². The number of hydrogen-bond donors (Lipinski definition) is 0. The molecule has 3 nitrogen and oxygen atoms in total. The Morgan fingerprint density at radius 3 is 3.00 bits per heavy atom.